The molecule has 1 aliphatic heterocycles. The third-order valence-corrected chi connectivity index (χ3v) is 6.46. The van der Waals surface area contributed by atoms with Gasteiger partial charge in [-0.05, 0) is 36.2 Å². The number of hydrogen-bond acceptors (Lipinski definition) is 4. The number of rotatable bonds is 5. The summed E-state index contributed by atoms with van der Waals surface area (Å²) in [5.74, 6) is -2.73. The highest BCUT2D eigenvalue weighted by atomic mass is 32.2. The molecule has 1 heterocycles. The van der Waals surface area contributed by atoms with Crippen LogP contribution in [-0.2, 0) is 21.2 Å². The highest BCUT2D eigenvalue weighted by Crippen LogP contribution is 2.24. The molecule has 1 amide bonds. The maximum absolute atomic E-state index is 13.3. The van der Waals surface area contributed by atoms with Gasteiger partial charge in [-0.3, -0.25) is 4.79 Å². The maximum atomic E-state index is 13.3. The SMILES string of the molecule is CCc1ccc(C(=O)Nc2ccc(F)c(F)c2)cc1S(=O)(=O)N1CCOCC1. The molecule has 1 saturated heterocycles. The molecule has 1 aliphatic rings. The van der Waals surface area contributed by atoms with Gasteiger partial charge in [0.1, 0.15) is 0 Å². The predicted octanol–water partition coefficient (Wildman–Crippen LogP) is 2.80. The van der Waals surface area contributed by atoms with E-state index in [-0.39, 0.29) is 29.2 Å². The first-order valence-corrected chi connectivity index (χ1v) is 10.2. The molecule has 2 aromatic carbocycles. The number of nitrogens with one attached hydrogen (secondary N) is 1. The molecule has 1 N–H and O–H groups in total. The topological polar surface area (TPSA) is 75.7 Å². The Hall–Kier alpha value is -2.36. The highest BCUT2D eigenvalue weighted by molar-refractivity contribution is 7.89. The summed E-state index contributed by atoms with van der Waals surface area (Å²) in [7, 11) is -3.78. The molecule has 0 spiro atoms. The Morgan fingerprint density at radius 1 is 1.11 bits per heavy atom. The van der Waals surface area contributed by atoms with E-state index >= 15 is 0 Å². The molecular formula is C19H20F2N2O4S. The number of carbonyl (C=O) groups is 1. The van der Waals surface area contributed by atoms with Crippen molar-refractivity contribution in [3.8, 4) is 0 Å². The second kappa shape index (κ2) is 8.34. The zero-order valence-corrected chi connectivity index (χ0v) is 16.1. The fourth-order valence-electron chi connectivity index (χ4n) is 2.93. The van der Waals surface area contributed by atoms with Gasteiger partial charge in [0.25, 0.3) is 5.91 Å². The van der Waals surface area contributed by atoms with Gasteiger partial charge in [0.2, 0.25) is 10.0 Å². The van der Waals surface area contributed by atoms with Gasteiger partial charge >= 0.3 is 0 Å². The van der Waals surface area contributed by atoms with E-state index in [0.717, 1.165) is 12.1 Å². The first-order valence-electron chi connectivity index (χ1n) is 8.80. The number of hydrogen-bond donors (Lipinski definition) is 1. The number of anilines is 1. The van der Waals surface area contributed by atoms with Gasteiger partial charge in [0.15, 0.2) is 11.6 Å². The van der Waals surface area contributed by atoms with Gasteiger partial charge in [-0.2, -0.15) is 4.31 Å². The number of amides is 1. The van der Waals surface area contributed by atoms with Crippen molar-refractivity contribution in [1.82, 2.24) is 4.31 Å². The third-order valence-electron chi connectivity index (χ3n) is 4.48. The van der Waals surface area contributed by atoms with Crippen molar-refractivity contribution in [3.63, 3.8) is 0 Å². The van der Waals surface area contributed by atoms with Crippen LogP contribution in [0.5, 0.6) is 0 Å². The van der Waals surface area contributed by atoms with E-state index in [4.69, 9.17) is 4.74 Å². The summed E-state index contributed by atoms with van der Waals surface area (Å²) in [5.41, 5.74) is 0.769. The van der Waals surface area contributed by atoms with E-state index in [9.17, 15) is 22.0 Å². The molecule has 3 rings (SSSR count). The lowest BCUT2D eigenvalue weighted by atomic mass is 10.1. The number of carbonyl (C=O) groups excluding carboxylic acids is 1. The van der Waals surface area contributed by atoms with Gasteiger partial charge in [-0.15, -0.1) is 0 Å². The third kappa shape index (κ3) is 4.21. The van der Waals surface area contributed by atoms with Gasteiger partial charge in [0.05, 0.1) is 18.1 Å². The second-order valence-electron chi connectivity index (χ2n) is 6.28. The molecule has 9 heteroatoms. The summed E-state index contributed by atoms with van der Waals surface area (Å²) in [5, 5.41) is 2.45. The Morgan fingerprint density at radius 3 is 2.46 bits per heavy atom. The zero-order valence-electron chi connectivity index (χ0n) is 15.2. The van der Waals surface area contributed by atoms with E-state index in [1.165, 1.54) is 22.5 Å². The van der Waals surface area contributed by atoms with Gasteiger partial charge in [-0.1, -0.05) is 13.0 Å². The largest absolute Gasteiger partial charge is 0.379 e. The van der Waals surface area contributed by atoms with Crippen LogP contribution in [0.1, 0.15) is 22.8 Å². The van der Waals surface area contributed by atoms with Crippen molar-refractivity contribution in [2.24, 2.45) is 0 Å². The molecular weight excluding hydrogens is 390 g/mol. The smallest absolute Gasteiger partial charge is 0.255 e. The summed E-state index contributed by atoms with van der Waals surface area (Å²) < 4.78 is 59.0. The number of halogens is 2. The lowest BCUT2D eigenvalue weighted by Crippen LogP contribution is -2.41. The molecule has 2 aromatic rings. The molecule has 6 nitrogen and oxygen atoms in total. The minimum absolute atomic E-state index is 0.0647. The van der Waals surface area contributed by atoms with E-state index < -0.39 is 27.6 Å². The lowest BCUT2D eigenvalue weighted by molar-refractivity contribution is 0.0730. The van der Waals surface area contributed by atoms with Crippen LogP contribution in [0.25, 0.3) is 0 Å². The number of benzene rings is 2. The van der Waals surface area contributed by atoms with E-state index in [0.29, 0.717) is 25.2 Å². The van der Waals surface area contributed by atoms with Crippen LogP contribution in [0.15, 0.2) is 41.3 Å². The molecule has 0 atom stereocenters. The molecule has 150 valence electrons. The first-order chi connectivity index (χ1) is 13.3. The van der Waals surface area contributed by atoms with Crippen molar-refractivity contribution in [3.05, 3.63) is 59.2 Å². The zero-order chi connectivity index (χ0) is 20.3. The fraction of sp³-hybridized carbons (Fsp3) is 0.316. The van der Waals surface area contributed by atoms with Crippen LogP contribution in [0.4, 0.5) is 14.5 Å². The molecule has 0 radical (unpaired) electrons. The van der Waals surface area contributed by atoms with Gasteiger partial charge in [0, 0.05) is 30.4 Å². The molecule has 0 unspecified atom stereocenters. The molecule has 1 fully saturated rings. The average Bonchev–Trinajstić information content (AvgIpc) is 2.71. The Bertz CT molecular complexity index is 989. The van der Waals surface area contributed by atoms with Crippen molar-refractivity contribution in [1.29, 1.82) is 0 Å². The Labute approximate surface area is 162 Å². The molecule has 0 aliphatic carbocycles. The van der Waals surface area contributed by atoms with Gasteiger partial charge < -0.3 is 10.1 Å². The van der Waals surface area contributed by atoms with E-state index in [1.807, 2.05) is 6.92 Å². The van der Waals surface area contributed by atoms with Crippen molar-refractivity contribution >= 4 is 21.6 Å². The van der Waals surface area contributed by atoms with Crippen molar-refractivity contribution < 1.29 is 26.7 Å². The van der Waals surface area contributed by atoms with Crippen LogP contribution < -0.4 is 5.32 Å². The highest BCUT2D eigenvalue weighted by Gasteiger charge is 2.29. The minimum Gasteiger partial charge on any atom is -0.379 e. The predicted molar refractivity (Wildman–Crippen MR) is 99.7 cm³/mol. The molecule has 0 saturated carbocycles. The second-order valence-corrected chi connectivity index (χ2v) is 8.18. The van der Waals surface area contributed by atoms with Crippen LogP contribution in [0, 0.1) is 11.6 Å². The molecule has 28 heavy (non-hydrogen) atoms. The summed E-state index contributed by atoms with van der Waals surface area (Å²) >= 11 is 0. The van der Waals surface area contributed by atoms with E-state index in [1.54, 1.807) is 6.07 Å². The Balaban J connectivity index is 1.91. The number of morpholine rings is 1. The quantitative estimate of drug-likeness (QED) is 0.823. The summed E-state index contributed by atoms with van der Waals surface area (Å²) in [4.78, 5) is 12.6. The van der Waals surface area contributed by atoms with Gasteiger partial charge in [-0.25, -0.2) is 17.2 Å². The van der Waals surface area contributed by atoms with Crippen LogP contribution in [0.3, 0.4) is 0 Å². The van der Waals surface area contributed by atoms with Crippen molar-refractivity contribution in [2.75, 3.05) is 31.6 Å². The van der Waals surface area contributed by atoms with Crippen LogP contribution >= 0.6 is 0 Å². The lowest BCUT2D eigenvalue weighted by Gasteiger charge is -2.27. The van der Waals surface area contributed by atoms with Crippen LogP contribution in [-0.4, -0.2) is 44.9 Å². The minimum atomic E-state index is -3.78. The standard InChI is InChI=1S/C19H20F2N2O4S/c1-2-13-3-4-14(19(24)22-15-5-6-16(20)17(21)12-15)11-18(13)28(25,26)23-7-9-27-10-8-23/h3-6,11-12H,2,7-10H2,1H3,(H,22,24). The summed E-state index contributed by atoms with van der Waals surface area (Å²) in [6.07, 6.45) is 0.476. The number of sulfonamides is 1. The normalized spacial score (nSPS) is 15.4. The molecule has 0 aromatic heterocycles. The van der Waals surface area contributed by atoms with E-state index in [2.05, 4.69) is 5.32 Å². The summed E-state index contributed by atoms with van der Waals surface area (Å²) in [6.45, 7) is 2.95. The maximum Gasteiger partial charge on any atom is 0.255 e. The Morgan fingerprint density at radius 2 is 1.82 bits per heavy atom. The first kappa shape index (κ1) is 20.4. The average molecular weight is 410 g/mol. The Kier molecular flexibility index (Phi) is 6.07. The number of aryl methyl sites for hydroxylation is 1. The fourth-order valence-corrected chi connectivity index (χ4v) is 4.66. The number of nitrogens with zero attached hydrogens (tertiary/aromatic N) is 1. The monoisotopic (exact) mass is 410 g/mol. The summed E-state index contributed by atoms with van der Waals surface area (Å²) in [6, 6.07) is 7.40. The van der Waals surface area contributed by atoms with Crippen molar-refractivity contribution in [2.45, 2.75) is 18.2 Å². The molecule has 0 bridgehead atoms. The van der Waals surface area contributed by atoms with Crippen LogP contribution in [0.2, 0.25) is 0 Å². The number of ether oxygens (including phenoxy) is 1.